The number of sulfone groups is 1. The van der Waals surface area contributed by atoms with Gasteiger partial charge in [0.15, 0.2) is 9.84 Å². The molecule has 1 saturated carbocycles. The summed E-state index contributed by atoms with van der Waals surface area (Å²) in [5.74, 6) is 0.135. The summed E-state index contributed by atoms with van der Waals surface area (Å²) < 4.78 is 29.9. The van der Waals surface area contributed by atoms with Gasteiger partial charge in [-0.3, -0.25) is 0 Å². The standard InChI is InChI=1S/C13H14N2O3S/c14-13-11(8-15-18-13)10-6-1-2-7-12(10)19(16,17)9-4-3-5-9/h1-2,6-9H,3-5,14H2. The number of aromatic nitrogens is 1. The van der Waals surface area contributed by atoms with Crippen LogP contribution in [0.5, 0.6) is 0 Å². The van der Waals surface area contributed by atoms with E-state index in [1.54, 1.807) is 24.3 Å². The fourth-order valence-corrected chi connectivity index (χ4v) is 4.31. The van der Waals surface area contributed by atoms with Crippen LogP contribution >= 0.6 is 0 Å². The predicted octanol–water partition coefficient (Wildman–Crippen LogP) is 2.25. The normalized spacial score (nSPS) is 16.2. The van der Waals surface area contributed by atoms with Gasteiger partial charge in [-0.15, -0.1) is 0 Å². The number of nitrogens with two attached hydrogens (primary N) is 1. The number of benzene rings is 1. The largest absolute Gasteiger partial charge is 0.367 e. The molecule has 0 amide bonds. The average molecular weight is 278 g/mol. The van der Waals surface area contributed by atoms with Crippen molar-refractivity contribution < 1.29 is 12.9 Å². The highest BCUT2D eigenvalue weighted by Crippen LogP contribution is 2.37. The van der Waals surface area contributed by atoms with Crippen LogP contribution in [0.3, 0.4) is 0 Å². The Balaban J connectivity index is 2.15. The minimum absolute atomic E-state index is 0.135. The fraction of sp³-hybridized carbons (Fsp3) is 0.308. The Morgan fingerprint density at radius 1 is 1.21 bits per heavy atom. The summed E-state index contributed by atoms with van der Waals surface area (Å²) in [6.45, 7) is 0. The molecule has 6 heteroatoms. The molecular formula is C13H14N2O3S. The molecule has 100 valence electrons. The van der Waals surface area contributed by atoms with E-state index in [1.807, 2.05) is 0 Å². The maximum Gasteiger partial charge on any atom is 0.229 e. The lowest BCUT2D eigenvalue weighted by Gasteiger charge is -2.26. The Bertz CT molecular complexity index is 702. The number of nitrogens with zero attached hydrogens (tertiary/aromatic N) is 1. The zero-order valence-corrected chi connectivity index (χ0v) is 11.1. The predicted molar refractivity (Wildman–Crippen MR) is 71.2 cm³/mol. The van der Waals surface area contributed by atoms with Crippen molar-refractivity contribution >= 4 is 15.7 Å². The Morgan fingerprint density at radius 3 is 2.53 bits per heavy atom. The van der Waals surface area contributed by atoms with Crippen LogP contribution in [0.15, 0.2) is 39.9 Å². The first-order valence-electron chi connectivity index (χ1n) is 6.14. The maximum atomic E-state index is 12.5. The number of hydrogen-bond acceptors (Lipinski definition) is 5. The molecule has 1 aromatic heterocycles. The summed E-state index contributed by atoms with van der Waals surface area (Å²) in [6.07, 6.45) is 3.89. The molecule has 0 unspecified atom stereocenters. The molecule has 0 radical (unpaired) electrons. The highest BCUT2D eigenvalue weighted by atomic mass is 32.2. The van der Waals surface area contributed by atoms with Gasteiger partial charge >= 0.3 is 0 Å². The molecule has 1 aliphatic carbocycles. The first-order valence-corrected chi connectivity index (χ1v) is 7.69. The third-order valence-corrected chi connectivity index (χ3v) is 5.89. The topological polar surface area (TPSA) is 86.2 Å². The first kappa shape index (κ1) is 12.2. The van der Waals surface area contributed by atoms with Crippen molar-refractivity contribution in [3.05, 3.63) is 30.5 Å². The van der Waals surface area contributed by atoms with Crippen molar-refractivity contribution in [2.24, 2.45) is 0 Å². The van der Waals surface area contributed by atoms with Crippen molar-refractivity contribution in [1.29, 1.82) is 0 Å². The maximum absolute atomic E-state index is 12.5. The molecule has 0 saturated heterocycles. The molecule has 0 aliphatic heterocycles. The second kappa shape index (κ2) is 4.38. The van der Waals surface area contributed by atoms with E-state index in [9.17, 15) is 8.42 Å². The van der Waals surface area contributed by atoms with Gasteiger partial charge in [-0.05, 0) is 18.9 Å². The fourth-order valence-electron chi connectivity index (χ4n) is 2.25. The van der Waals surface area contributed by atoms with E-state index in [4.69, 9.17) is 10.3 Å². The molecule has 1 aromatic carbocycles. The number of nitrogen functional groups attached to an aromatic ring is 1. The molecule has 1 fully saturated rings. The minimum atomic E-state index is -3.30. The molecule has 19 heavy (non-hydrogen) atoms. The summed E-state index contributed by atoms with van der Waals surface area (Å²) in [5.41, 5.74) is 6.77. The van der Waals surface area contributed by atoms with Crippen LogP contribution in [0.25, 0.3) is 11.1 Å². The van der Waals surface area contributed by atoms with E-state index < -0.39 is 9.84 Å². The molecule has 1 aliphatic rings. The second-order valence-corrected chi connectivity index (χ2v) is 6.89. The third-order valence-electron chi connectivity index (χ3n) is 3.57. The van der Waals surface area contributed by atoms with Gasteiger partial charge in [-0.1, -0.05) is 29.8 Å². The monoisotopic (exact) mass is 278 g/mol. The average Bonchev–Trinajstić information content (AvgIpc) is 2.72. The van der Waals surface area contributed by atoms with Crippen molar-refractivity contribution in [3.8, 4) is 11.1 Å². The lowest BCUT2D eigenvalue weighted by molar-refractivity contribution is 0.436. The quantitative estimate of drug-likeness (QED) is 0.930. The third kappa shape index (κ3) is 1.92. The van der Waals surface area contributed by atoms with Crippen LogP contribution in [0.2, 0.25) is 0 Å². The lowest BCUT2D eigenvalue weighted by Crippen LogP contribution is -2.28. The van der Waals surface area contributed by atoms with Gasteiger partial charge in [-0.2, -0.15) is 0 Å². The van der Waals surface area contributed by atoms with E-state index in [0.717, 1.165) is 19.3 Å². The summed E-state index contributed by atoms with van der Waals surface area (Å²) in [6, 6.07) is 6.85. The smallest absolute Gasteiger partial charge is 0.229 e. The summed E-state index contributed by atoms with van der Waals surface area (Å²) in [7, 11) is -3.30. The van der Waals surface area contributed by atoms with Gasteiger partial charge in [-0.25, -0.2) is 8.42 Å². The van der Waals surface area contributed by atoms with E-state index >= 15 is 0 Å². The molecule has 0 atom stereocenters. The number of hydrogen-bond donors (Lipinski definition) is 1. The van der Waals surface area contributed by atoms with Crippen LogP contribution in [0.1, 0.15) is 19.3 Å². The van der Waals surface area contributed by atoms with Crippen LogP contribution < -0.4 is 5.73 Å². The number of rotatable bonds is 3. The first-order chi connectivity index (χ1) is 9.10. The van der Waals surface area contributed by atoms with E-state index in [2.05, 4.69) is 5.16 Å². The zero-order valence-electron chi connectivity index (χ0n) is 10.2. The Kier molecular flexibility index (Phi) is 2.82. The van der Waals surface area contributed by atoms with Gasteiger partial charge in [0.1, 0.15) is 0 Å². The molecule has 5 nitrogen and oxygen atoms in total. The Labute approximate surface area is 111 Å². The van der Waals surface area contributed by atoms with Gasteiger partial charge < -0.3 is 10.3 Å². The summed E-state index contributed by atoms with van der Waals surface area (Å²) >= 11 is 0. The molecular weight excluding hydrogens is 264 g/mol. The highest BCUT2D eigenvalue weighted by Gasteiger charge is 2.34. The summed E-state index contributed by atoms with van der Waals surface area (Å²) in [5, 5.41) is 3.34. The second-order valence-electron chi connectivity index (χ2n) is 4.70. The molecule has 0 bridgehead atoms. The Morgan fingerprint density at radius 2 is 1.95 bits per heavy atom. The van der Waals surface area contributed by atoms with Crippen LogP contribution in [-0.2, 0) is 9.84 Å². The highest BCUT2D eigenvalue weighted by molar-refractivity contribution is 7.92. The SMILES string of the molecule is Nc1oncc1-c1ccccc1S(=O)(=O)C1CCC1. The van der Waals surface area contributed by atoms with Crippen molar-refractivity contribution in [2.45, 2.75) is 29.4 Å². The number of anilines is 1. The van der Waals surface area contributed by atoms with Crippen molar-refractivity contribution in [1.82, 2.24) is 5.16 Å². The van der Waals surface area contributed by atoms with Crippen molar-refractivity contribution in [3.63, 3.8) is 0 Å². The molecule has 1 heterocycles. The molecule has 0 spiro atoms. The van der Waals surface area contributed by atoms with Gasteiger partial charge in [0.2, 0.25) is 5.88 Å². The molecule has 2 N–H and O–H groups in total. The van der Waals surface area contributed by atoms with E-state index in [-0.39, 0.29) is 11.1 Å². The summed E-state index contributed by atoms with van der Waals surface area (Å²) in [4.78, 5) is 0.314. The van der Waals surface area contributed by atoms with Crippen LogP contribution in [-0.4, -0.2) is 18.8 Å². The zero-order chi connectivity index (χ0) is 13.5. The van der Waals surface area contributed by atoms with Crippen molar-refractivity contribution in [2.75, 3.05) is 5.73 Å². The van der Waals surface area contributed by atoms with E-state index in [1.165, 1.54) is 6.20 Å². The lowest BCUT2D eigenvalue weighted by atomic mass is 10.00. The van der Waals surface area contributed by atoms with E-state index in [0.29, 0.717) is 16.0 Å². The van der Waals surface area contributed by atoms with Crippen LogP contribution in [0.4, 0.5) is 5.88 Å². The van der Waals surface area contributed by atoms with Crippen LogP contribution in [0, 0.1) is 0 Å². The van der Waals surface area contributed by atoms with Gasteiger partial charge in [0.25, 0.3) is 0 Å². The van der Waals surface area contributed by atoms with Gasteiger partial charge in [0.05, 0.1) is 21.9 Å². The minimum Gasteiger partial charge on any atom is -0.367 e. The molecule has 3 rings (SSSR count). The molecule has 2 aromatic rings. The van der Waals surface area contributed by atoms with Gasteiger partial charge in [0, 0.05) is 5.56 Å². The Hall–Kier alpha value is -1.82.